The first-order valence-electron chi connectivity index (χ1n) is 8.10. The maximum Gasteiger partial charge on any atom is 0.136 e. The van der Waals surface area contributed by atoms with Crippen LogP contribution in [0.4, 0.5) is 0 Å². The maximum absolute atomic E-state index is 4.79. The molecule has 3 heteroatoms. The molecule has 1 aromatic heterocycles. The average Bonchev–Trinajstić information content (AvgIpc) is 2.84. The standard InChI is InChI=1S/C18H23BrN2/c1-2-16-17(15-11-7-4-8-12-15)18(19)20-21(16)13-14-9-5-3-6-10-14/h4,7-8,11-12,14H,2-3,5-6,9-10,13H2,1H3. The van der Waals surface area contributed by atoms with Crippen LogP contribution in [-0.4, -0.2) is 9.78 Å². The van der Waals surface area contributed by atoms with Crippen LogP contribution in [0.25, 0.3) is 11.1 Å². The SMILES string of the molecule is CCc1c(-c2ccccc2)c(Br)nn1CC1CCCCC1. The first-order chi connectivity index (χ1) is 10.3. The average molecular weight is 347 g/mol. The quantitative estimate of drug-likeness (QED) is 0.719. The van der Waals surface area contributed by atoms with Gasteiger partial charge in [0, 0.05) is 17.8 Å². The fraction of sp³-hybridized carbons (Fsp3) is 0.500. The molecule has 3 rings (SSSR count). The first-order valence-corrected chi connectivity index (χ1v) is 8.89. The summed E-state index contributed by atoms with van der Waals surface area (Å²) in [6.45, 7) is 3.31. The summed E-state index contributed by atoms with van der Waals surface area (Å²) in [6, 6.07) is 10.6. The molecule has 0 bridgehead atoms. The third-order valence-corrected chi connectivity index (χ3v) is 5.12. The van der Waals surface area contributed by atoms with Gasteiger partial charge in [-0.15, -0.1) is 0 Å². The molecule has 1 aliphatic rings. The Morgan fingerprint density at radius 3 is 2.52 bits per heavy atom. The molecule has 1 saturated carbocycles. The summed E-state index contributed by atoms with van der Waals surface area (Å²) in [5, 5.41) is 4.79. The summed E-state index contributed by atoms with van der Waals surface area (Å²) in [5.74, 6) is 0.805. The van der Waals surface area contributed by atoms with E-state index in [1.807, 2.05) is 0 Å². The summed E-state index contributed by atoms with van der Waals surface area (Å²) < 4.78 is 3.24. The van der Waals surface area contributed by atoms with Gasteiger partial charge in [0.15, 0.2) is 0 Å². The lowest BCUT2D eigenvalue weighted by Crippen LogP contribution is -2.16. The summed E-state index contributed by atoms with van der Waals surface area (Å²) in [7, 11) is 0. The van der Waals surface area contributed by atoms with Crippen molar-refractivity contribution in [1.29, 1.82) is 0 Å². The van der Waals surface area contributed by atoms with E-state index in [4.69, 9.17) is 5.10 Å². The van der Waals surface area contributed by atoms with Gasteiger partial charge < -0.3 is 0 Å². The third kappa shape index (κ3) is 3.23. The van der Waals surface area contributed by atoms with Gasteiger partial charge in [0.2, 0.25) is 0 Å². The highest BCUT2D eigenvalue weighted by Gasteiger charge is 2.20. The summed E-state index contributed by atoms with van der Waals surface area (Å²) >= 11 is 3.68. The van der Waals surface area contributed by atoms with E-state index in [1.165, 1.54) is 48.9 Å². The van der Waals surface area contributed by atoms with Crippen molar-refractivity contribution in [3.63, 3.8) is 0 Å². The summed E-state index contributed by atoms with van der Waals surface area (Å²) in [6.07, 6.45) is 7.94. The molecule has 0 amide bonds. The molecular formula is C18H23BrN2. The van der Waals surface area contributed by atoms with E-state index in [9.17, 15) is 0 Å². The predicted molar refractivity (Wildman–Crippen MR) is 91.3 cm³/mol. The lowest BCUT2D eigenvalue weighted by molar-refractivity contribution is 0.304. The minimum atomic E-state index is 0.805. The topological polar surface area (TPSA) is 17.8 Å². The molecule has 1 aromatic carbocycles. The second kappa shape index (κ2) is 6.78. The van der Waals surface area contributed by atoms with Crippen LogP contribution < -0.4 is 0 Å². The van der Waals surface area contributed by atoms with E-state index in [0.717, 1.165) is 23.5 Å². The predicted octanol–water partition coefficient (Wildman–Crippen LogP) is 5.46. The molecule has 1 heterocycles. The summed E-state index contributed by atoms with van der Waals surface area (Å²) in [5.41, 5.74) is 3.89. The van der Waals surface area contributed by atoms with E-state index >= 15 is 0 Å². The van der Waals surface area contributed by atoms with Crippen LogP contribution >= 0.6 is 15.9 Å². The Morgan fingerprint density at radius 1 is 1.14 bits per heavy atom. The molecular weight excluding hydrogens is 324 g/mol. The molecule has 0 unspecified atom stereocenters. The van der Waals surface area contributed by atoms with Gasteiger partial charge in [0.05, 0.1) is 0 Å². The van der Waals surface area contributed by atoms with Gasteiger partial charge in [-0.25, -0.2) is 0 Å². The second-order valence-electron chi connectivity index (χ2n) is 6.02. The van der Waals surface area contributed by atoms with E-state index in [1.54, 1.807) is 0 Å². The molecule has 1 aliphatic carbocycles. The Kier molecular flexibility index (Phi) is 4.79. The van der Waals surface area contributed by atoms with Gasteiger partial charge in [-0.1, -0.05) is 56.5 Å². The van der Waals surface area contributed by atoms with Crippen LogP contribution in [0.5, 0.6) is 0 Å². The van der Waals surface area contributed by atoms with Crippen LogP contribution in [0.2, 0.25) is 0 Å². The van der Waals surface area contributed by atoms with Gasteiger partial charge in [0.25, 0.3) is 0 Å². The van der Waals surface area contributed by atoms with Gasteiger partial charge in [-0.3, -0.25) is 4.68 Å². The highest BCUT2D eigenvalue weighted by Crippen LogP contribution is 2.33. The molecule has 1 fully saturated rings. The number of halogens is 1. The van der Waals surface area contributed by atoms with Crippen molar-refractivity contribution in [2.45, 2.75) is 52.0 Å². The molecule has 0 N–H and O–H groups in total. The molecule has 112 valence electrons. The van der Waals surface area contributed by atoms with Crippen LogP contribution in [0.15, 0.2) is 34.9 Å². The number of rotatable bonds is 4. The van der Waals surface area contributed by atoms with Gasteiger partial charge >= 0.3 is 0 Å². The van der Waals surface area contributed by atoms with Crippen LogP contribution in [0.3, 0.4) is 0 Å². The van der Waals surface area contributed by atoms with Gasteiger partial charge in [-0.2, -0.15) is 5.10 Å². The highest BCUT2D eigenvalue weighted by atomic mass is 79.9. The highest BCUT2D eigenvalue weighted by molar-refractivity contribution is 9.10. The minimum Gasteiger partial charge on any atom is -0.268 e. The van der Waals surface area contributed by atoms with Crippen molar-refractivity contribution < 1.29 is 0 Å². The maximum atomic E-state index is 4.79. The van der Waals surface area contributed by atoms with Crippen LogP contribution in [0, 0.1) is 5.92 Å². The van der Waals surface area contributed by atoms with Gasteiger partial charge in [-0.05, 0) is 46.7 Å². The van der Waals surface area contributed by atoms with Crippen LogP contribution in [0.1, 0.15) is 44.7 Å². The zero-order valence-electron chi connectivity index (χ0n) is 12.7. The molecule has 0 saturated heterocycles. The Hall–Kier alpha value is -1.09. The van der Waals surface area contributed by atoms with Gasteiger partial charge in [0.1, 0.15) is 4.60 Å². The zero-order valence-corrected chi connectivity index (χ0v) is 14.3. The summed E-state index contributed by atoms with van der Waals surface area (Å²) in [4.78, 5) is 0. The number of benzene rings is 1. The normalized spacial score (nSPS) is 16.3. The lowest BCUT2D eigenvalue weighted by Gasteiger charge is -2.22. The zero-order chi connectivity index (χ0) is 14.7. The minimum absolute atomic E-state index is 0.805. The molecule has 0 atom stereocenters. The Balaban J connectivity index is 1.91. The van der Waals surface area contributed by atoms with E-state index in [0.29, 0.717) is 0 Å². The lowest BCUT2D eigenvalue weighted by atomic mass is 9.89. The monoisotopic (exact) mass is 346 g/mol. The molecule has 2 aromatic rings. The Labute approximate surface area is 135 Å². The van der Waals surface area contributed by atoms with Crippen molar-refractivity contribution in [2.24, 2.45) is 5.92 Å². The number of hydrogen-bond donors (Lipinski definition) is 0. The van der Waals surface area contributed by atoms with Crippen LogP contribution in [-0.2, 0) is 13.0 Å². The molecule has 0 aliphatic heterocycles. The van der Waals surface area contributed by atoms with Crippen molar-refractivity contribution in [3.8, 4) is 11.1 Å². The van der Waals surface area contributed by atoms with Crippen molar-refractivity contribution in [3.05, 3.63) is 40.6 Å². The van der Waals surface area contributed by atoms with E-state index in [-0.39, 0.29) is 0 Å². The first kappa shape index (κ1) is 14.8. The Morgan fingerprint density at radius 2 is 1.86 bits per heavy atom. The second-order valence-corrected chi connectivity index (χ2v) is 6.77. The van der Waals surface area contributed by atoms with E-state index < -0.39 is 0 Å². The number of hydrogen-bond acceptors (Lipinski definition) is 1. The number of nitrogens with zero attached hydrogens (tertiary/aromatic N) is 2. The van der Waals surface area contributed by atoms with Crippen molar-refractivity contribution >= 4 is 15.9 Å². The molecule has 21 heavy (non-hydrogen) atoms. The van der Waals surface area contributed by atoms with E-state index in [2.05, 4.69) is 57.9 Å². The number of aromatic nitrogens is 2. The Bertz CT molecular complexity index is 583. The fourth-order valence-corrected chi connectivity index (χ4v) is 4.13. The molecule has 0 spiro atoms. The molecule has 2 nitrogen and oxygen atoms in total. The third-order valence-electron chi connectivity index (χ3n) is 4.57. The largest absolute Gasteiger partial charge is 0.268 e. The smallest absolute Gasteiger partial charge is 0.136 e. The fourth-order valence-electron chi connectivity index (χ4n) is 3.48. The van der Waals surface area contributed by atoms with Crippen molar-refractivity contribution in [2.75, 3.05) is 0 Å². The van der Waals surface area contributed by atoms with Crippen molar-refractivity contribution in [1.82, 2.24) is 9.78 Å². The molecule has 0 radical (unpaired) electrons.